The molecule has 144 valence electrons. The van der Waals surface area contributed by atoms with Gasteiger partial charge in [0.25, 0.3) is 5.56 Å². The first-order chi connectivity index (χ1) is 13.7. The Balaban J connectivity index is 1.71. The summed E-state index contributed by atoms with van der Waals surface area (Å²) in [5.41, 5.74) is 0.969. The zero-order valence-electron chi connectivity index (χ0n) is 15.8. The van der Waals surface area contributed by atoms with Crippen LogP contribution >= 0.6 is 0 Å². The smallest absolute Gasteiger partial charge is 0.359 e. The van der Waals surface area contributed by atoms with Gasteiger partial charge in [0.1, 0.15) is 6.10 Å². The van der Waals surface area contributed by atoms with Crippen LogP contribution in [0.3, 0.4) is 0 Å². The Morgan fingerprint density at radius 3 is 2.29 bits per heavy atom. The SMILES string of the molecule is O=C(OC1CCCCCC1)c1nn(Cc2ccccc2)c(=O)c2ccccc12. The molecule has 0 aliphatic heterocycles. The predicted molar refractivity (Wildman–Crippen MR) is 108 cm³/mol. The Morgan fingerprint density at radius 2 is 1.57 bits per heavy atom. The van der Waals surface area contributed by atoms with Gasteiger partial charge < -0.3 is 4.74 Å². The molecule has 0 saturated heterocycles. The topological polar surface area (TPSA) is 61.2 Å². The third-order valence-corrected chi connectivity index (χ3v) is 5.31. The summed E-state index contributed by atoms with van der Waals surface area (Å²) in [5, 5.41) is 5.45. The number of ether oxygens (including phenoxy) is 1. The fourth-order valence-electron chi connectivity index (χ4n) is 3.82. The van der Waals surface area contributed by atoms with Gasteiger partial charge in [-0.3, -0.25) is 4.79 Å². The number of fused-ring (bicyclic) bond motifs is 1. The van der Waals surface area contributed by atoms with Crippen LogP contribution in [-0.2, 0) is 11.3 Å². The Bertz CT molecular complexity index is 1020. The van der Waals surface area contributed by atoms with Gasteiger partial charge in [0.2, 0.25) is 0 Å². The quantitative estimate of drug-likeness (QED) is 0.502. The zero-order valence-corrected chi connectivity index (χ0v) is 15.8. The highest BCUT2D eigenvalue weighted by Gasteiger charge is 2.22. The number of esters is 1. The highest BCUT2D eigenvalue weighted by molar-refractivity contribution is 6.02. The van der Waals surface area contributed by atoms with Gasteiger partial charge >= 0.3 is 5.97 Å². The maximum Gasteiger partial charge on any atom is 0.359 e. The van der Waals surface area contributed by atoms with E-state index in [1.807, 2.05) is 36.4 Å². The maximum atomic E-state index is 13.0. The van der Waals surface area contributed by atoms with Crippen LogP contribution in [0.2, 0.25) is 0 Å². The molecule has 0 atom stereocenters. The van der Waals surface area contributed by atoms with E-state index < -0.39 is 5.97 Å². The summed E-state index contributed by atoms with van der Waals surface area (Å²) in [6.45, 7) is 0.314. The molecule has 0 spiro atoms. The largest absolute Gasteiger partial charge is 0.458 e. The van der Waals surface area contributed by atoms with Crippen molar-refractivity contribution in [2.75, 3.05) is 0 Å². The molecule has 1 aliphatic carbocycles. The van der Waals surface area contributed by atoms with E-state index in [0.29, 0.717) is 17.3 Å². The first-order valence-corrected chi connectivity index (χ1v) is 9.97. The van der Waals surface area contributed by atoms with Crippen LogP contribution in [0.25, 0.3) is 10.8 Å². The summed E-state index contributed by atoms with van der Waals surface area (Å²) in [5.74, 6) is -0.440. The van der Waals surface area contributed by atoms with Crippen molar-refractivity contribution in [2.24, 2.45) is 0 Å². The molecule has 0 radical (unpaired) electrons. The van der Waals surface area contributed by atoms with Crippen molar-refractivity contribution in [3.63, 3.8) is 0 Å². The van der Waals surface area contributed by atoms with Crippen LogP contribution in [0.1, 0.15) is 54.6 Å². The molecule has 0 amide bonds. The van der Waals surface area contributed by atoms with E-state index in [9.17, 15) is 9.59 Å². The van der Waals surface area contributed by atoms with Gasteiger partial charge in [0.05, 0.1) is 11.9 Å². The molecule has 3 aromatic rings. The lowest BCUT2D eigenvalue weighted by Crippen LogP contribution is -2.28. The van der Waals surface area contributed by atoms with Gasteiger partial charge in [0.15, 0.2) is 5.69 Å². The van der Waals surface area contributed by atoms with Crippen molar-refractivity contribution in [1.29, 1.82) is 0 Å². The minimum Gasteiger partial charge on any atom is -0.458 e. The molecule has 1 saturated carbocycles. The van der Waals surface area contributed by atoms with E-state index in [0.717, 1.165) is 31.2 Å². The summed E-state index contributed by atoms with van der Waals surface area (Å²) >= 11 is 0. The molecule has 28 heavy (non-hydrogen) atoms. The van der Waals surface area contributed by atoms with Gasteiger partial charge in [0, 0.05) is 5.39 Å². The average molecular weight is 376 g/mol. The molecule has 1 aliphatic rings. The summed E-state index contributed by atoms with van der Waals surface area (Å²) < 4.78 is 7.16. The van der Waals surface area contributed by atoms with E-state index in [1.54, 1.807) is 18.2 Å². The van der Waals surface area contributed by atoms with Crippen molar-refractivity contribution in [3.05, 3.63) is 76.2 Å². The molecule has 0 bridgehead atoms. The lowest BCUT2D eigenvalue weighted by atomic mass is 10.1. The number of nitrogens with zero attached hydrogens (tertiary/aromatic N) is 2. The van der Waals surface area contributed by atoms with E-state index >= 15 is 0 Å². The third-order valence-electron chi connectivity index (χ3n) is 5.31. The van der Waals surface area contributed by atoms with Crippen LogP contribution < -0.4 is 5.56 Å². The Labute approximate surface area is 164 Å². The van der Waals surface area contributed by atoms with Gasteiger partial charge in [-0.2, -0.15) is 5.10 Å². The first-order valence-electron chi connectivity index (χ1n) is 9.97. The van der Waals surface area contributed by atoms with E-state index in [2.05, 4.69) is 5.10 Å². The highest BCUT2D eigenvalue weighted by atomic mass is 16.5. The third kappa shape index (κ3) is 3.98. The number of carbonyl (C=O) groups excluding carboxylic acids is 1. The zero-order chi connectivity index (χ0) is 19.3. The predicted octanol–water partition coefficient (Wildman–Crippen LogP) is 4.32. The second-order valence-electron chi connectivity index (χ2n) is 7.36. The lowest BCUT2D eigenvalue weighted by molar-refractivity contribution is 0.0260. The second kappa shape index (κ2) is 8.38. The molecule has 5 nitrogen and oxygen atoms in total. The van der Waals surface area contributed by atoms with Crippen molar-refractivity contribution in [3.8, 4) is 0 Å². The molecule has 0 unspecified atom stereocenters. The average Bonchev–Trinajstić information content (AvgIpc) is 2.99. The first kappa shape index (κ1) is 18.4. The number of aromatic nitrogens is 2. The number of rotatable bonds is 4. The molecule has 1 heterocycles. The Morgan fingerprint density at radius 1 is 0.929 bits per heavy atom. The normalized spacial score (nSPS) is 15.3. The van der Waals surface area contributed by atoms with Gasteiger partial charge in [-0.25, -0.2) is 9.48 Å². The van der Waals surface area contributed by atoms with Gasteiger partial charge in [-0.1, -0.05) is 61.4 Å². The number of hydrogen-bond acceptors (Lipinski definition) is 4. The van der Waals surface area contributed by atoms with Crippen LogP contribution in [0.5, 0.6) is 0 Å². The van der Waals surface area contributed by atoms with Crippen molar-refractivity contribution in [1.82, 2.24) is 9.78 Å². The number of hydrogen-bond donors (Lipinski definition) is 0. The minimum absolute atomic E-state index is 0.0648. The van der Waals surface area contributed by atoms with Gasteiger partial charge in [-0.05, 0) is 37.3 Å². The van der Waals surface area contributed by atoms with Gasteiger partial charge in [-0.15, -0.1) is 0 Å². The highest BCUT2D eigenvalue weighted by Crippen LogP contribution is 2.22. The maximum absolute atomic E-state index is 13.0. The summed E-state index contributed by atoms with van der Waals surface area (Å²) in [6, 6.07) is 16.8. The number of carbonyl (C=O) groups is 1. The fourth-order valence-corrected chi connectivity index (χ4v) is 3.82. The van der Waals surface area contributed by atoms with E-state index in [4.69, 9.17) is 4.74 Å². The molecule has 5 heteroatoms. The summed E-state index contributed by atoms with van der Waals surface area (Å²) in [6.07, 6.45) is 6.28. The van der Waals surface area contributed by atoms with Crippen LogP contribution in [-0.4, -0.2) is 21.9 Å². The van der Waals surface area contributed by atoms with E-state index in [-0.39, 0.29) is 17.4 Å². The molecule has 1 aromatic heterocycles. The summed E-state index contributed by atoms with van der Waals surface area (Å²) in [7, 11) is 0. The molecular weight excluding hydrogens is 352 g/mol. The molecular formula is C23H24N2O3. The van der Waals surface area contributed by atoms with Crippen LogP contribution in [0.15, 0.2) is 59.4 Å². The Hall–Kier alpha value is -2.95. The van der Waals surface area contributed by atoms with Crippen LogP contribution in [0, 0.1) is 0 Å². The monoisotopic (exact) mass is 376 g/mol. The molecule has 0 N–H and O–H groups in total. The Kier molecular flexibility index (Phi) is 5.51. The van der Waals surface area contributed by atoms with Crippen molar-refractivity contribution < 1.29 is 9.53 Å². The van der Waals surface area contributed by atoms with Crippen LogP contribution in [0.4, 0.5) is 0 Å². The standard InChI is InChI=1S/C23H24N2O3/c26-22-20-15-9-8-14-19(20)21(23(27)28-18-12-6-1-2-7-13-18)24-25(22)16-17-10-4-3-5-11-17/h3-5,8-11,14-15,18H,1-2,6-7,12-13,16H2. The fraction of sp³-hybridized carbons (Fsp3) is 0.348. The lowest BCUT2D eigenvalue weighted by Gasteiger charge is -2.16. The second-order valence-corrected chi connectivity index (χ2v) is 7.36. The molecule has 2 aromatic carbocycles. The molecule has 4 rings (SSSR count). The number of benzene rings is 2. The summed E-state index contributed by atoms with van der Waals surface area (Å²) in [4.78, 5) is 25.8. The van der Waals surface area contributed by atoms with E-state index in [1.165, 1.54) is 17.5 Å². The van der Waals surface area contributed by atoms with Crippen molar-refractivity contribution >= 4 is 16.7 Å². The molecule has 1 fully saturated rings. The minimum atomic E-state index is -0.440. The van der Waals surface area contributed by atoms with Crippen molar-refractivity contribution in [2.45, 2.75) is 51.2 Å².